The number of hydrogen-bond donors (Lipinski definition) is 1. The number of aryl methyl sites for hydroxylation is 1. The molecule has 0 aliphatic carbocycles. The van der Waals surface area contributed by atoms with Crippen molar-refractivity contribution in [1.82, 2.24) is 14.8 Å². The monoisotopic (exact) mass is 313 g/mol. The summed E-state index contributed by atoms with van der Waals surface area (Å²) in [5, 5.41) is 11.9. The average Bonchev–Trinajstić information content (AvgIpc) is 2.94. The quantitative estimate of drug-likeness (QED) is 0.696. The summed E-state index contributed by atoms with van der Waals surface area (Å²) < 4.78 is 15.9. The van der Waals surface area contributed by atoms with Gasteiger partial charge in [-0.15, -0.1) is 0 Å². The summed E-state index contributed by atoms with van der Waals surface area (Å²) in [5.74, 6) is 0.284. The van der Waals surface area contributed by atoms with Crippen LogP contribution in [0.15, 0.2) is 41.5 Å². The first-order chi connectivity index (χ1) is 11.0. The summed E-state index contributed by atoms with van der Waals surface area (Å²) in [7, 11) is 5.61. The van der Waals surface area contributed by atoms with Crippen molar-refractivity contribution < 1.29 is 4.39 Å². The average molecular weight is 313 g/mol. The Kier molecular flexibility index (Phi) is 5.36. The van der Waals surface area contributed by atoms with E-state index in [1.54, 1.807) is 19.2 Å². The van der Waals surface area contributed by atoms with Crippen LogP contribution in [0.4, 0.5) is 4.39 Å². The summed E-state index contributed by atoms with van der Waals surface area (Å²) in [6.07, 6.45) is 1.99. The van der Waals surface area contributed by atoms with E-state index in [9.17, 15) is 4.39 Å². The molecular weight excluding hydrogens is 293 g/mol. The molecule has 1 N–H and O–H groups in total. The van der Waals surface area contributed by atoms with E-state index in [0.717, 1.165) is 5.69 Å². The van der Waals surface area contributed by atoms with Crippen molar-refractivity contribution >= 4 is 5.96 Å². The largest absolute Gasteiger partial charge is 0.353 e. The molecule has 120 valence electrons. The highest BCUT2D eigenvalue weighted by Gasteiger charge is 2.10. The van der Waals surface area contributed by atoms with Crippen molar-refractivity contribution in [2.24, 2.45) is 12.0 Å². The summed E-state index contributed by atoms with van der Waals surface area (Å²) in [4.78, 5) is 6.19. The molecule has 0 aliphatic heterocycles. The van der Waals surface area contributed by atoms with E-state index >= 15 is 0 Å². The first-order valence-corrected chi connectivity index (χ1v) is 7.25. The maximum absolute atomic E-state index is 13.9. The van der Waals surface area contributed by atoms with Gasteiger partial charge in [0.25, 0.3) is 0 Å². The highest BCUT2D eigenvalue weighted by molar-refractivity contribution is 5.79. The summed E-state index contributed by atoms with van der Waals surface area (Å²) in [6, 6.07) is 10.4. The number of halogens is 1. The predicted molar refractivity (Wildman–Crippen MR) is 88.2 cm³/mol. The Hall–Kier alpha value is -2.81. The maximum Gasteiger partial charge on any atom is 0.194 e. The molecule has 0 aliphatic rings. The SMILES string of the molecule is CN=C(NCc1ccc(C#N)cc1F)N(C)Cc1cccn1C. The number of rotatable bonds is 4. The second-order valence-electron chi connectivity index (χ2n) is 5.29. The standard InChI is InChI=1S/C17H20FN5/c1-20-17(23(3)12-15-5-4-8-22(15)2)21-11-14-7-6-13(10-19)9-16(14)18/h4-9H,11-12H2,1-3H3,(H,20,21). The minimum atomic E-state index is -0.392. The van der Waals surface area contributed by atoms with E-state index in [4.69, 9.17) is 5.26 Å². The minimum Gasteiger partial charge on any atom is -0.353 e. The molecule has 0 bridgehead atoms. The molecule has 1 aromatic carbocycles. The number of nitriles is 1. The molecule has 5 nitrogen and oxygen atoms in total. The Morgan fingerprint density at radius 3 is 2.78 bits per heavy atom. The fourth-order valence-corrected chi connectivity index (χ4v) is 2.30. The van der Waals surface area contributed by atoms with Gasteiger partial charge in [-0.05, 0) is 24.3 Å². The fraction of sp³-hybridized carbons (Fsp3) is 0.294. The van der Waals surface area contributed by atoms with Gasteiger partial charge in [0.2, 0.25) is 0 Å². The van der Waals surface area contributed by atoms with E-state index in [-0.39, 0.29) is 0 Å². The lowest BCUT2D eigenvalue weighted by atomic mass is 10.1. The third-order valence-corrected chi connectivity index (χ3v) is 3.64. The van der Waals surface area contributed by atoms with E-state index in [0.29, 0.717) is 30.2 Å². The van der Waals surface area contributed by atoms with Crippen molar-refractivity contribution in [2.75, 3.05) is 14.1 Å². The number of aliphatic imine (C=N–C) groups is 1. The second kappa shape index (κ2) is 7.45. The van der Waals surface area contributed by atoms with Gasteiger partial charge in [0, 0.05) is 45.1 Å². The highest BCUT2D eigenvalue weighted by Crippen LogP contribution is 2.10. The van der Waals surface area contributed by atoms with Gasteiger partial charge in [-0.1, -0.05) is 6.07 Å². The molecule has 0 amide bonds. The molecule has 0 radical (unpaired) electrons. The van der Waals surface area contributed by atoms with Crippen LogP contribution in [0.3, 0.4) is 0 Å². The molecular formula is C17H20FN5. The number of aromatic nitrogens is 1. The smallest absolute Gasteiger partial charge is 0.194 e. The van der Waals surface area contributed by atoms with Gasteiger partial charge in [-0.3, -0.25) is 4.99 Å². The third kappa shape index (κ3) is 4.10. The van der Waals surface area contributed by atoms with Gasteiger partial charge in [0.1, 0.15) is 5.82 Å². The van der Waals surface area contributed by atoms with Gasteiger partial charge in [-0.25, -0.2) is 4.39 Å². The number of hydrogen-bond acceptors (Lipinski definition) is 2. The van der Waals surface area contributed by atoms with Gasteiger partial charge in [-0.2, -0.15) is 5.26 Å². The number of nitrogens with zero attached hydrogens (tertiary/aromatic N) is 4. The minimum absolute atomic E-state index is 0.307. The zero-order chi connectivity index (χ0) is 16.8. The summed E-state index contributed by atoms with van der Waals surface area (Å²) in [6.45, 7) is 1.00. The Bertz CT molecular complexity index is 742. The van der Waals surface area contributed by atoms with Gasteiger partial charge < -0.3 is 14.8 Å². The molecule has 6 heteroatoms. The first-order valence-electron chi connectivity index (χ1n) is 7.25. The molecule has 0 atom stereocenters. The lowest BCUT2D eigenvalue weighted by Gasteiger charge is -2.22. The van der Waals surface area contributed by atoms with Crippen LogP contribution in [0.5, 0.6) is 0 Å². The Balaban J connectivity index is 2.00. The van der Waals surface area contributed by atoms with Crippen molar-refractivity contribution in [3.63, 3.8) is 0 Å². The molecule has 2 rings (SSSR count). The molecule has 1 aromatic heterocycles. The number of guanidine groups is 1. The van der Waals surface area contributed by atoms with Crippen molar-refractivity contribution in [3.8, 4) is 6.07 Å². The zero-order valence-corrected chi connectivity index (χ0v) is 13.5. The zero-order valence-electron chi connectivity index (χ0n) is 13.5. The molecule has 1 heterocycles. The van der Waals surface area contributed by atoms with Gasteiger partial charge >= 0.3 is 0 Å². The van der Waals surface area contributed by atoms with Gasteiger partial charge in [0.15, 0.2) is 5.96 Å². The van der Waals surface area contributed by atoms with E-state index in [2.05, 4.69) is 10.3 Å². The second-order valence-corrected chi connectivity index (χ2v) is 5.29. The molecule has 0 unspecified atom stereocenters. The molecule has 0 saturated heterocycles. The van der Waals surface area contributed by atoms with Crippen LogP contribution in [-0.2, 0) is 20.1 Å². The summed E-state index contributed by atoms with van der Waals surface area (Å²) >= 11 is 0. The van der Waals surface area contributed by atoms with E-state index < -0.39 is 5.82 Å². The maximum atomic E-state index is 13.9. The van der Waals surface area contributed by atoms with Crippen molar-refractivity contribution in [1.29, 1.82) is 5.26 Å². The van der Waals surface area contributed by atoms with Crippen LogP contribution in [0.1, 0.15) is 16.8 Å². The molecule has 0 spiro atoms. The fourth-order valence-electron chi connectivity index (χ4n) is 2.30. The normalized spacial score (nSPS) is 11.2. The topological polar surface area (TPSA) is 56.4 Å². The van der Waals surface area contributed by atoms with Crippen LogP contribution in [0.25, 0.3) is 0 Å². The molecule has 0 saturated carbocycles. The first kappa shape index (κ1) is 16.6. The lowest BCUT2D eigenvalue weighted by Crippen LogP contribution is -2.38. The molecule has 2 aromatic rings. The van der Waals surface area contributed by atoms with Crippen LogP contribution >= 0.6 is 0 Å². The van der Waals surface area contributed by atoms with E-state index in [1.165, 1.54) is 6.07 Å². The molecule has 23 heavy (non-hydrogen) atoms. The number of benzene rings is 1. The Labute approximate surface area is 135 Å². The third-order valence-electron chi connectivity index (χ3n) is 3.64. The Morgan fingerprint density at radius 2 is 2.22 bits per heavy atom. The van der Waals surface area contributed by atoms with Crippen LogP contribution in [0, 0.1) is 17.1 Å². The summed E-state index contributed by atoms with van der Waals surface area (Å²) in [5.41, 5.74) is 1.97. The highest BCUT2D eigenvalue weighted by atomic mass is 19.1. The van der Waals surface area contributed by atoms with Crippen molar-refractivity contribution in [3.05, 3.63) is 59.2 Å². The van der Waals surface area contributed by atoms with Crippen LogP contribution in [-0.4, -0.2) is 29.5 Å². The van der Waals surface area contributed by atoms with Crippen molar-refractivity contribution in [2.45, 2.75) is 13.1 Å². The lowest BCUT2D eigenvalue weighted by molar-refractivity contribution is 0.460. The van der Waals surface area contributed by atoms with E-state index in [1.807, 2.05) is 48.0 Å². The number of nitrogens with one attached hydrogen (secondary N) is 1. The predicted octanol–water partition coefficient (Wildman–Crippen LogP) is 2.24. The van der Waals surface area contributed by atoms with Crippen LogP contribution < -0.4 is 5.32 Å². The van der Waals surface area contributed by atoms with Gasteiger partial charge in [0.05, 0.1) is 18.2 Å². The molecule has 0 fully saturated rings. The Morgan fingerprint density at radius 1 is 1.43 bits per heavy atom. The van der Waals surface area contributed by atoms with Crippen LogP contribution in [0.2, 0.25) is 0 Å².